The van der Waals surface area contributed by atoms with Crippen LogP contribution in [0.1, 0.15) is 35.4 Å². The summed E-state index contributed by atoms with van der Waals surface area (Å²) in [5.41, 5.74) is -3.82. The highest BCUT2D eigenvalue weighted by Crippen LogP contribution is 2.57. The topological polar surface area (TPSA) is 29.5 Å². The number of halogens is 7. The smallest absolute Gasteiger partial charge is 0.416 e. The summed E-state index contributed by atoms with van der Waals surface area (Å²) in [4.78, 5) is 0. The molecule has 2 rings (SSSR count). The number of aliphatic hydroxyl groups excluding tert-OH is 1. The standard InChI is InChI=1S/C13H11F7O2/c14-4-1-5-22-7-3-2-6(13(18,19)20)8-9(7)10(15)12(16,17)11(8)21/h2-3,10-11,21H,1,4-5H2. The second-order valence-corrected chi connectivity index (χ2v) is 4.77. The SMILES string of the molecule is OC1c2c(C(F)(F)F)ccc(OCCCF)c2C(F)C1(F)F. The minimum absolute atomic E-state index is 0.133. The molecule has 2 atom stereocenters. The van der Waals surface area contributed by atoms with Crippen LogP contribution in [0.4, 0.5) is 30.7 Å². The molecule has 1 aliphatic rings. The maximum atomic E-state index is 13.9. The second-order valence-electron chi connectivity index (χ2n) is 4.77. The van der Waals surface area contributed by atoms with E-state index in [1.165, 1.54) is 0 Å². The molecule has 0 heterocycles. The molecule has 1 aromatic rings. The average molecular weight is 332 g/mol. The van der Waals surface area contributed by atoms with E-state index in [1.807, 2.05) is 0 Å². The highest BCUT2D eigenvalue weighted by Gasteiger charge is 2.59. The van der Waals surface area contributed by atoms with E-state index in [1.54, 1.807) is 0 Å². The van der Waals surface area contributed by atoms with Gasteiger partial charge in [-0.15, -0.1) is 0 Å². The molecule has 1 aliphatic carbocycles. The van der Waals surface area contributed by atoms with Gasteiger partial charge in [0.05, 0.1) is 18.8 Å². The Morgan fingerprint density at radius 3 is 2.36 bits per heavy atom. The van der Waals surface area contributed by atoms with Gasteiger partial charge >= 0.3 is 12.1 Å². The summed E-state index contributed by atoms with van der Waals surface area (Å²) < 4.78 is 96.4. The Balaban J connectivity index is 2.56. The fraction of sp³-hybridized carbons (Fsp3) is 0.538. The molecular weight excluding hydrogens is 321 g/mol. The predicted octanol–water partition coefficient (Wildman–Crippen LogP) is 4.14. The second kappa shape index (κ2) is 5.60. The van der Waals surface area contributed by atoms with Gasteiger partial charge in [-0.2, -0.15) is 22.0 Å². The Morgan fingerprint density at radius 2 is 1.82 bits per heavy atom. The van der Waals surface area contributed by atoms with Crippen LogP contribution in [0.3, 0.4) is 0 Å². The van der Waals surface area contributed by atoms with Crippen LogP contribution in [0.2, 0.25) is 0 Å². The van der Waals surface area contributed by atoms with Crippen molar-refractivity contribution in [3.63, 3.8) is 0 Å². The van der Waals surface area contributed by atoms with Gasteiger partial charge in [-0.05, 0) is 12.1 Å². The lowest BCUT2D eigenvalue weighted by Gasteiger charge is -2.17. The van der Waals surface area contributed by atoms with Crippen LogP contribution < -0.4 is 4.74 Å². The lowest BCUT2D eigenvalue weighted by atomic mass is 10.0. The molecule has 1 aromatic carbocycles. The van der Waals surface area contributed by atoms with Crippen LogP contribution in [0.25, 0.3) is 0 Å². The Kier molecular flexibility index (Phi) is 4.29. The molecule has 0 bridgehead atoms. The molecule has 0 aliphatic heterocycles. The lowest BCUT2D eigenvalue weighted by molar-refractivity contribution is -0.152. The van der Waals surface area contributed by atoms with Gasteiger partial charge in [0.2, 0.25) is 0 Å². The van der Waals surface area contributed by atoms with Gasteiger partial charge < -0.3 is 9.84 Å². The van der Waals surface area contributed by atoms with E-state index in [4.69, 9.17) is 4.74 Å². The molecule has 0 spiro atoms. The van der Waals surface area contributed by atoms with Gasteiger partial charge in [-0.1, -0.05) is 0 Å². The molecule has 0 aromatic heterocycles. The average Bonchev–Trinajstić information content (AvgIpc) is 2.60. The molecule has 9 heteroatoms. The van der Waals surface area contributed by atoms with Gasteiger partial charge in [-0.25, -0.2) is 4.39 Å². The zero-order valence-electron chi connectivity index (χ0n) is 10.9. The number of alkyl halides is 7. The fourth-order valence-corrected chi connectivity index (χ4v) is 2.31. The van der Waals surface area contributed by atoms with Gasteiger partial charge in [0.1, 0.15) is 11.9 Å². The summed E-state index contributed by atoms with van der Waals surface area (Å²) in [5.74, 6) is -4.96. The minimum atomic E-state index is -5.04. The molecule has 22 heavy (non-hydrogen) atoms. The van der Waals surface area contributed by atoms with E-state index in [-0.39, 0.29) is 13.0 Å². The first kappa shape index (κ1) is 16.9. The van der Waals surface area contributed by atoms with Crippen LogP contribution >= 0.6 is 0 Å². The quantitative estimate of drug-likeness (QED) is 0.663. The van der Waals surface area contributed by atoms with Crippen molar-refractivity contribution in [3.05, 3.63) is 28.8 Å². The van der Waals surface area contributed by atoms with Crippen LogP contribution in [0, 0.1) is 0 Å². The van der Waals surface area contributed by atoms with E-state index >= 15 is 0 Å². The molecule has 2 unspecified atom stereocenters. The van der Waals surface area contributed by atoms with E-state index in [0.29, 0.717) is 12.1 Å². The Hall–Kier alpha value is -1.51. The van der Waals surface area contributed by atoms with Crippen molar-refractivity contribution in [1.82, 2.24) is 0 Å². The Labute approximate surface area is 120 Å². The van der Waals surface area contributed by atoms with Gasteiger partial charge in [-0.3, -0.25) is 4.39 Å². The number of benzene rings is 1. The molecule has 0 fully saturated rings. The molecule has 0 amide bonds. The van der Waals surface area contributed by atoms with E-state index in [2.05, 4.69) is 0 Å². The van der Waals surface area contributed by atoms with Crippen molar-refractivity contribution in [2.45, 2.75) is 30.8 Å². The van der Waals surface area contributed by atoms with Crippen LogP contribution in [-0.4, -0.2) is 24.3 Å². The van der Waals surface area contributed by atoms with Crippen LogP contribution in [0.5, 0.6) is 5.75 Å². The Bertz CT molecular complexity index is 556. The first-order valence-corrected chi connectivity index (χ1v) is 6.25. The van der Waals surface area contributed by atoms with Crippen molar-refractivity contribution in [1.29, 1.82) is 0 Å². The zero-order valence-corrected chi connectivity index (χ0v) is 10.9. The largest absolute Gasteiger partial charge is 0.493 e. The van der Waals surface area contributed by atoms with E-state index in [0.717, 1.165) is 0 Å². The number of aliphatic hydroxyl groups is 1. The third kappa shape index (κ3) is 2.62. The summed E-state index contributed by atoms with van der Waals surface area (Å²) in [7, 11) is 0. The van der Waals surface area contributed by atoms with E-state index < -0.39 is 53.5 Å². The highest BCUT2D eigenvalue weighted by atomic mass is 19.4. The van der Waals surface area contributed by atoms with Crippen molar-refractivity contribution in [2.24, 2.45) is 0 Å². The minimum Gasteiger partial charge on any atom is -0.493 e. The van der Waals surface area contributed by atoms with Crippen LogP contribution in [-0.2, 0) is 6.18 Å². The number of fused-ring (bicyclic) bond motifs is 1. The molecule has 0 saturated heterocycles. The van der Waals surface area contributed by atoms with Crippen molar-refractivity contribution >= 4 is 0 Å². The third-order valence-corrected chi connectivity index (χ3v) is 3.32. The maximum Gasteiger partial charge on any atom is 0.416 e. The highest BCUT2D eigenvalue weighted by molar-refractivity contribution is 5.53. The fourth-order valence-electron chi connectivity index (χ4n) is 2.31. The van der Waals surface area contributed by atoms with Crippen molar-refractivity contribution in [3.8, 4) is 5.75 Å². The molecule has 0 radical (unpaired) electrons. The third-order valence-electron chi connectivity index (χ3n) is 3.32. The summed E-state index contributed by atoms with van der Waals surface area (Å²) in [6, 6.07) is 1.13. The van der Waals surface area contributed by atoms with Gasteiger partial charge in [0.25, 0.3) is 0 Å². The van der Waals surface area contributed by atoms with Crippen molar-refractivity contribution in [2.75, 3.05) is 13.3 Å². The Morgan fingerprint density at radius 1 is 1.18 bits per heavy atom. The van der Waals surface area contributed by atoms with Gasteiger partial charge in [0.15, 0.2) is 6.17 Å². The zero-order chi connectivity index (χ0) is 16.7. The summed E-state index contributed by atoms with van der Waals surface area (Å²) >= 11 is 0. The monoisotopic (exact) mass is 332 g/mol. The van der Waals surface area contributed by atoms with Crippen molar-refractivity contribution < 1.29 is 40.6 Å². The number of hydrogen-bond donors (Lipinski definition) is 1. The molecule has 2 nitrogen and oxygen atoms in total. The summed E-state index contributed by atoms with van der Waals surface area (Å²) in [6.45, 7) is -1.11. The molecule has 1 N–H and O–H groups in total. The number of ether oxygens (including phenoxy) is 1. The van der Waals surface area contributed by atoms with Crippen LogP contribution in [0.15, 0.2) is 12.1 Å². The summed E-state index contributed by atoms with van der Waals surface area (Å²) in [6.07, 6.45) is -11.2. The maximum absolute atomic E-state index is 13.9. The summed E-state index contributed by atoms with van der Waals surface area (Å²) in [5, 5.41) is 9.41. The first-order valence-electron chi connectivity index (χ1n) is 6.25. The van der Waals surface area contributed by atoms with E-state index in [9.17, 15) is 35.8 Å². The molecule has 0 saturated carbocycles. The molecule has 124 valence electrons. The molecular formula is C13H11F7O2. The predicted molar refractivity (Wildman–Crippen MR) is 61.3 cm³/mol. The lowest BCUT2D eigenvalue weighted by Crippen LogP contribution is -2.25. The number of rotatable bonds is 4. The van der Waals surface area contributed by atoms with Gasteiger partial charge in [0, 0.05) is 17.5 Å². The number of hydrogen-bond acceptors (Lipinski definition) is 2. The normalized spacial score (nSPS) is 23.5. The first-order chi connectivity index (χ1) is 10.1.